The van der Waals surface area contributed by atoms with Crippen LogP contribution in [0.3, 0.4) is 0 Å². The van der Waals surface area contributed by atoms with Gasteiger partial charge in [-0.3, -0.25) is 4.90 Å². The van der Waals surface area contributed by atoms with Crippen LogP contribution in [0.1, 0.15) is 16.7 Å². The van der Waals surface area contributed by atoms with Crippen LogP contribution in [0.25, 0.3) is 0 Å². The Bertz CT molecular complexity index is 472. The first-order valence-corrected chi connectivity index (χ1v) is 8.61. The zero-order valence-corrected chi connectivity index (χ0v) is 15.1. The van der Waals surface area contributed by atoms with E-state index in [1.165, 1.54) is 16.7 Å². The summed E-state index contributed by atoms with van der Waals surface area (Å²) in [4.78, 5) is 4.82. The van der Waals surface area contributed by atoms with E-state index < -0.39 is 0 Å². The molecule has 4 heteroatoms. The maximum Gasteiger partial charge on any atom is 0.0589 e. The second-order valence-corrected chi connectivity index (χ2v) is 7.02. The van der Waals surface area contributed by atoms with Crippen molar-refractivity contribution in [1.82, 2.24) is 9.80 Å². The van der Waals surface area contributed by atoms with Crippen LogP contribution < -0.4 is 0 Å². The number of aryl methyl sites for hydroxylation is 2. The lowest BCUT2D eigenvalue weighted by atomic mass is 9.96. The van der Waals surface area contributed by atoms with Crippen molar-refractivity contribution >= 4 is 0 Å². The standard InChI is InChI=1S/C19H32N2O2/c1-15-6-5-7-16(2)19(15)13-21-11-17(18(12-21)14-22)10-20(3)8-9-23-4/h5-7,17-18,22H,8-14H2,1-4H3/t17-,18-/m1/s1. The van der Waals surface area contributed by atoms with Gasteiger partial charge in [-0.1, -0.05) is 18.2 Å². The molecule has 23 heavy (non-hydrogen) atoms. The molecule has 2 atom stereocenters. The summed E-state index contributed by atoms with van der Waals surface area (Å²) in [7, 11) is 3.88. The van der Waals surface area contributed by atoms with Gasteiger partial charge in [0, 0.05) is 46.4 Å². The first-order chi connectivity index (χ1) is 11.0. The molecule has 0 unspecified atom stereocenters. The maximum atomic E-state index is 9.75. The van der Waals surface area contributed by atoms with Gasteiger partial charge in [0.2, 0.25) is 0 Å². The van der Waals surface area contributed by atoms with Crippen molar-refractivity contribution in [2.45, 2.75) is 20.4 Å². The first-order valence-electron chi connectivity index (χ1n) is 8.61. The van der Waals surface area contributed by atoms with E-state index in [-0.39, 0.29) is 6.61 Å². The third-order valence-electron chi connectivity index (χ3n) is 5.14. The van der Waals surface area contributed by atoms with Gasteiger partial charge in [0.05, 0.1) is 6.61 Å². The Morgan fingerprint density at radius 2 is 1.87 bits per heavy atom. The van der Waals surface area contributed by atoms with E-state index in [1.807, 2.05) is 0 Å². The van der Waals surface area contributed by atoms with Crippen LogP contribution in [0.4, 0.5) is 0 Å². The molecule has 1 aliphatic heterocycles. The second kappa shape index (κ2) is 8.78. The minimum Gasteiger partial charge on any atom is -0.396 e. The quantitative estimate of drug-likeness (QED) is 0.794. The van der Waals surface area contributed by atoms with Gasteiger partial charge in [-0.25, -0.2) is 0 Å². The van der Waals surface area contributed by atoms with Gasteiger partial charge in [0.1, 0.15) is 0 Å². The second-order valence-electron chi connectivity index (χ2n) is 7.02. The summed E-state index contributed by atoms with van der Waals surface area (Å²) in [6.45, 7) is 10.5. The van der Waals surface area contributed by atoms with E-state index in [2.05, 4.69) is 48.9 Å². The van der Waals surface area contributed by atoms with Gasteiger partial charge >= 0.3 is 0 Å². The molecule has 0 aromatic heterocycles. The molecule has 1 saturated heterocycles. The van der Waals surface area contributed by atoms with Crippen LogP contribution in [-0.4, -0.2) is 68.5 Å². The molecule has 0 radical (unpaired) electrons. The summed E-state index contributed by atoms with van der Waals surface area (Å²) in [5.74, 6) is 0.912. The highest BCUT2D eigenvalue weighted by Gasteiger charge is 2.33. The van der Waals surface area contributed by atoms with Crippen LogP contribution in [0.5, 0.6) is 0 Å². The molecule has 1 N–H and O–H groups in total. The third-order valence-corrected chi connectivity index (χ3v) is 5.14. The predicted octanol–water partition coefficient (Wildman–Crippen LogP) is 1.92. The fourth-order valence-corrected chi connectivity index (χ4v) is 3.64. The van der Waals surface area contributed by atoms with E-state index in [4.69, 9.17) is 4.74 Å². The SMILES string of the molecule is COCCN(C)C[C@@H]1CN(Cc2c(C)cccc2C)C[C@@H]1CO. The molecule has 1 heterocycles. The topological polar surface area (TPSA) is 35.9 Å². The van der Waals surface area contributed by atoms with Crippen molar-refractivity contribution in [2.24, 2.45) is 11.8 Å². The molecule has 0 amide bonds. The number of methoxy groups -OCH3 is 1. The number of aliphatic hydroxyl groups excluding tert-OH is 1. The number of rotatable bonds is 8. The van der Waals surface area contributed by atoms with E-state index in [0.717, 1.165) is 39.3 Å². The minimum absolute atomic E-state index is 0.284. The van der Waals surface area contributed by atoms with Crippen LogP contribution in [0, 0.1) is 25.7 Å². The predicted molar refractivity (Wildman–Crippen MR) is 94.6 cm³/mol. The third kappa shape index (κ3) is 5.01. The summed E-state index contributed by atoms with van der Waals surface area (Å²) in [5.41, 5.74) is 4.18. The lowest BCUT2D eigenvalue weighted by Gasteiger charge is -2.23. The number of likely N-dealkylation sites (tertiary alicyclic amines) is 1. The van der Waals surface area contributed by atoms with Crippen molar-refractivity contribution in [3.63, 3.8) is 0 Å². The zero-order valence-electron chi connectivity index (χ0n) is 15.1. The molecular formula is C19H32N2O2. The Balaban J connectivity index is 1.95. The number of nitrogens with zero attached hydrogens (tertiary/aromatic N) is 2. The Kier molecular flexibility index (Phi) is 7.03. The van der Waals surface area contributed by atoms with Gasteiger partial charge in [-0.05, 0) is 49.4 Å². The number of hydrogen-bond donors (Lipinski definition) is 1. The largest absolute Gasteiger partial charge is 0.396 e. The first kappa shape index (κ1) is 18.4. The van der Waals surface area contributed by atoms with Crippen LogP contribution in [0.15, 0.2) is 18.2 Å². The molecule has 1 aromatic carbocycles. The van der Waals surface area contributed by atoms with Gasteiger partial charge < -0.3 is 14.7 Å². The molecule has 0 saturated carbocycles. The monoisotopic (exact) mass is 320 g/mol. The normalized spacial score (nSPS) is 22.2. The molecule has 1 fully saturated rings. The smallest absolute Gasteiger partial charge is 0.0589 e. The Hall–Kier alpha value is -0.940. The summed E-state index contributed by atoms with van der Waals surface area (Å²) in [5, 5.41) is 9.75. The molecule has 0 spiro atoms. The highest BCUT2D eigenvalue weighted by atomic mass is 16.5. The van der Waals surface area contributed by atoms with Crippen molar-refractivity contribution in [2.75, 3.05) is 53.6 Å². The van der Waals surface area contributed by atoms with Crippen LogP contribution in [0.2, 0.25) is 0 Å². The number of benzene rings is 1. The molecule has 1 aliphatic rings. The molecule has 0 aliphatic carbocycles. The van der Waals surface area contributed by atoms with Crippen molar-refractivity contribution < 1.29 is 9.84 Å². The van der Waals surface area contributed by atoms with Crippen molar-refractivity contribution in [3.8, 4) is 0 Å². The molecule has 130 valence electrons. The highest BCUT2D eigenvalue weighted by molar-refractivity contribution is 5.33. The number of likely N-dealkylation sites (N-methyl/N-ethyl adjacent to an activating group) is 1. The van der Waals surface area contributed by atoms with Crippen molar-refractivity contribution in [3.05, 3.63) is 34.9 Å². The van der Waals surface area contributed by atoms with Gasteiger partial charge in [-0.15, -0.1) is 0 Å². The summed E-state index contributed by atoms with van der Waals surface area (Å²) >= 11 is 0. The van der Waals surface area contributed by atoms with Crippen LogP contribution in [-0.2, 0) is 11.3 Å². The van der Waals surface area contributed by atoms with Gasteiger partial charge in [0.25, 0.3) is 0 Å². The van der Waals surface area contributed by atoms with Crippen molar-refractivity contribution in [1.29, 1.82) is 0 Å². The van der Waals surface area contributed by atoms with E-state index in [0.29, 0.717) is 11.8 Å². The number of ether oxygens (including phenoxy) is 1. The number of hydrogen-bond acceptors (Lipinski definition) is 4. The summed E-state index contributed by atoms with van der Waals surface area (Å²) < 4.78 is 5.16. The van der Waals surface area contributed by atoms with Crippen LogP contribution >= 0.6 is 0 Å². The molecule has 0 bridgehead atoms. The summed E-state index contributed by atoms with van der Waals surface area (Å²) in [6, 6.07) is 6.51. The summed E-state index contributed by atoms with van der Waals surface area (Å²) in [6.07, 6.45) is 0. The molecular weight excluding hydrogens is 288 g/mol. The molecule has 1 aromatic rings. The molecule has 4 nitrogen and oxygen atoms in total. The zero-order chi connectivity index (χ0) is 16.8. The Morgan fingerprint density at radius 3 is 2.48 bits per heavy atom. The molecule has 2 rings (SSSR count). The average molecular weight is 320 g/mol. The Labute approximate surface area is 141 Å². The lowest BCUT2D eigenvalue weighted by Crippen LogP contribution is -2.33. The highest BCUT2D eigenvalue weighted by Crippen LogP contribution is 2.27. The Morgan fingerprint density at radius 1 is 1.22 bits per heavy atom. The van der Waals surface area contributed by atoms with Gasteiger partial charge in [0.15, 0.2) is 0 Å². The fraction of sp³-hybridized carbons (Fsp3) is 0.684. The number of aliphatic hydroxyl groups is 1. The average Bonchev–Trinajstić information content (AvgIpc) is 2.90. The minimum atomic E-state index is 0.284. The fourth-order valence-electron chi connectivity index (χ4n) is 3.64. The maximum absolute atomic E-state index is 9.75. The lowest BCUT2D eigenvalue weighted by molar-refractivity contribution is 0.136. The van der Waals surface area contributed by atoms with E-state index in [9.17, 15) is 5.11 Å². The van der Waals surface area contributed by atoms with E-state index in [1.54, 1.807) is 7.11 Å². The van der Waals surface area contributed by atoms with E-state index >= 15 is 0 Å². The van der Waals surface area contributed by atoms with Gasteiger partial charge in [-0.2, -0.15) is 0 Å².